The van der Waals surface area contributed by atoms with E-state index >= 15 is 0 Å². The Hall–Kier alpha value is -1.05. The van der Waals surface area contributed by atoms with Crippen molar-refractivity contribution in [1.82, 2.24) is 0 Å². The third-order valence-electron chi connectivity index (χ3n) is 3.02. The maximum absolute atomic E-state index is 14.0. The molecule has 0 fully saturated rings. The Balaban J connectivity index is 2.52. The summed E-state index contributed by atoms with van der Waals surface area (Å²) < 4.78 is 14.0. The molecule has 1 aliphatic rings. The van der Waals surface area contributed by atoms with E-state index < -0.39 is 0 Å². The van der Waals surface area contributed by atoms with Crippen molar-refractivity contribution in [2.24, 2.45) is 0 Å². The summed E-state index contributed by atoms with van der Waals surface area (Å²) >= 11 is 0. The lowest BCUT2D eigenvalue weighted by Crippen LogP contribution is -2.43. The lowest BCUT2D eigenvalue weighted by Gasteiger charge is -2.41. The molecule has 1 heterocycles. The van der Waals surface area contributed by atoms with Crippen molar-refractivity contribution in [3.05, 3.63) is 29.8 Å². The number of halogens is 1. The number of benzene rings is 1. The summed E-state index contributed by atoms with van der Waals surface area (Å²) in [6, 6.07) is 7.73. The Bertz CT molecular complexity index is 346. The molecule has 1 atom stereocenters. The molecule has 0 saturated carbocycles. The molecule has 1 aromatic rings. The summed E-state index contributed by atoms with van der Waals surface area (Å²) in [5.74, 6) is 0.438. The molecule has 2 rings (SSSR count). The van der Waals surface area contributed by atoms with Gasteiger partial charge in [0.2, 0.25) is 0 Å². The average molecular weight is 193 g/mol. The molecule has 1 aromatic carbocycles. The molecule has 1 nitrogen and oxygen atoms in total. The molecule has 0 aromatic heterocycles. The third-order valence-corrected chi connectivity index (χ3v) is 3.02. The first-order valence-electron chi connectivity index (χ1n) is 5.07. The first-order chi connectivity index (χ1) is 6.52. The van der Waals surface area contributed by atoms with Crippen LogP contribution in [0.3, 0.4) is 0 Å². The molecule has 0 amide bonds. The largest absolute Gasteiger partial charge is 0.206 e. The van der Waals surface area contributed by atoms with E-state index in [-0.39, 0.29) is 5.54 Å². The molecule has 1 unspecified atom stereocenters. The zero-order chi connectivity index (χ0) is 10.3. The molecule has 14 heavy (non-hydrogen) atoms. The fraction of sp³-hybridized carbons (Fsp3) is 0.500. The normalized spacial score (nSPS) is 24.6. The van der Waals surface area contributed by atoms with E-state index in [0.717, 1.165) is 22.8 Å². The maximum atomic E-state index is 14.0. The highest BCUT2D eigenvalue weighted by Crippen LogP contribution is 2.43. The zero-order valence-corrected chi connectivity index (χ0v) is 8.92. The van der Waals surface area contributed by atoms with Gasteiger partial charge in [-0.25, -0.2) is 5.12 Å². The zero-order valence-electron chi connectivity index (χ0n) is 8.92. The Kier molecular flexibility index (Phi) is 2.02. The van der Waals surface area contributed by atoms with Gasteiger partial charge in [-0.1, -0.05) is 29.6 Å². The highest BCUT2D eigenvalue weighted by atomic mass is 19.2. The minimum absolute atomic E-state index is 0.381. The highest BCUT2D eigenvalue weighted by molar-refractivity contribution is 5.57. The lowest BCUT2D eigenvalue weighted by atomic mass is 9.82. The Morgan fingerprint density at radius 2 is 2.00 bits per heavy atom. The fourth-order valence-corrected chi connectivity index (χ4v) is 2.35. The number of fused-ring (bicyclic) bond motifs is 1. The Morgan fingerprint density at radius 1 is 1.36 bits per heavy atom. The van der Waals surface area contributed by atoms with E-state index in [1.165, 1.54) is 0 Å². The lowest BCUT2D eigenvalue weighted by molar-refractivity contribution is 0.251. The molecule has 0 aliphatic carbocycles. The summed E-state index contributed by atoms with van der Waals surface area (Å²) in [6.07, 6.45) is 0.862. The van der Waals surface area contributed by atoms with Gasteiger partial charge in [-0.05, 0) is 37.8 Å². The van der Waals surface area contributed by atoms with E-state index in [9.17, 15) is 4.48 Å². The molecule has 0 N–H and O–H groups in total. The SMILES string of the molecule is CC1CC(C)(C)N(F)c2ccccc21. The van der Waals surface area contributed by atoms with Crippen molar-refractivity contribution >= 4 is 5.69 Å². The van der Waals surface area contributed by atoms with Crippen LogP contribution in [0.25, 0.3) is 0 Å². The number of hydrogen-bond donors (Lipinski definition) is 0. The molecular formula is C12H16FN. The van der Waals surface area contributed by atoms with Crippen molar-refractivity contribution in [3.63, 3.8) is 0 Å². The van der Waals surface area contributed by atoms with Crippen LogP contribution in [0.15, 0.2) is 24.3 Å². The van der Waals surface area contributed by atoms with Crippen molar-refractivity contribution in [3.8, 4) is 0 Å². The van der Waals surface area contributed by atoms with Crippen LogP contribution in [0.4, 0.5) is 10.2 Å². The predicted molar refractivity (Wildman–Crippen MR) is 57.1 cm³/mol. The minimum Gasteiger partial charge on any atom is -0.206 e. The predicted octanol–water partition coefficient (Wildman–Crippen LogP) is 3.66. The van der Waals surface area contributed by atoms with Gasteiger partial charge in [-0.3, -0.25) is 0 Å². The van der Waals surface area contributed by atoms with Gasteiger partial charge in [-0.2, -0.15) is 0 Å². The van der Waals surface area contributed by atoms with Crippen molar-refractivity contribution in [2.75, 3.05) is 5.12 Å². The number of rotatable bonds is 0. The minimum atomic E-state index is -0.381. The molecule has 1 aliphatic heterocycles. The second-order valence-corrected chi connectivity index (χ2v) is 4.76. The van der Waals surface area contributed by atoms with E-state index in [1.54, 1.807) is 0 Å². The number of anilines is 1. The third kappa shape index (κ3) is 1.29. The van der Waals surface area contributed by atoms with Crippen LogP contribution >= 0.6 is 0 Å². The van der Waals surface area contributed by atoms with E-state index in [1.807, 2.05) is 38.1 Å². The van der Waals surface area contributed by atoms with Gasteiger partial charge in [-0.15, -0.1) is 0 Å². The second-order valence-electron chi connectivity index (χ2n) is 4.76. The summed E-state index contributed by atoms with van der Waals surface area (Å²) in [5.41, 5.74) is 1.47. The van der Waals surface area contributed by atoms with Crippen LogP contribution in [-0.2, 0) is 0 Å². The fourth-order valence-electron chi connectivity index (χ4n) is 2.35. The molecule has 0 spiro atoms. The number of nitrogens with zero attached hydrogens (tertiary/aromatic N) is 1. The standard InChI is InChI=1S/C12H16FN/c1-9-8-12(2,3)14(13)11-7-5-4-6-10(9)11/h4-7,9H,8H2,1-3H3. The van der Waals surface area contributed by atoms with Crippen LogP contribution in [-0.4, -0.2) is 5.54 Å². The van der Waals surface area contributed by atoms with Crippen molar-refractivity contribution in [2.45, 2.75) is 38.6 Å². The van der Waals surface area contributed by atoms with Crippen molar-refractivity contribution < 1.29 is 4.48 Å². The number of para-hydroxylation sites is 1. The van der Waals surface area contributed by atoms with Crippen LogP contribution in [0, 0.1) is 0 Å². The van der Waals surface area contributed by atoms with Gasteiger partial charge in [0.25, 0.3) is 0 Å². The van der Waals surface area contributed by atoms with E-state index in [0.29, 0.717) is 5.92 Å². The molecule has 76 valence electrons. The van der Waals surface area contributed by atoms with Crippen LogP contribution in [0.1, 0.15) is 38.7 Å². The first kappa shape index (κ1) is 9.50. The van der Waals surface area contributed by atoms with Crippen LogP contribution < -0.4 is 5.12 Å². The van der Waals surface area contributed by atoms with Crippen LogP contribution in [0.5, 0.6) is 0 Å². The van der Waals surface area contributed by atoms with Gasteiger partial charge in [0.15, 0.2) is 0 Å². The Labute approximate surface area is 84.5 Å². The van der Waals surface area contributed by atoms with Gasteiger partial charge < -0.3 is 0 Å². The monoisotopic (exact) mass is 193 g/mol. The van der Waals surface area contributed by atoms with Crippen LogP contribution in [0.2, 0.25) is 0 Å². The van der Waals surface area contributed by atoms with Gasteiger partial charge in [0.1, 0.15) is 0 Å². The first-order valence-corrected chi connectivity index (χ1v) is 5.07. The van der Waals surface area contributed by atoms with Gasteiger partial charge in [0, 0.05) is 0 Å². The van der Waals surface area contributed by atoms with Crippen molar-refractivity contribution in [1.29, 1.82) is 0 Å². The number of hydrogen-bond acceptors (Lipinski definition) is 1. The van der Waals surface area contributed by atoms with Gasteiger partial charge in [0.05, 0.1) is 11.2 Å². The highest BCUT2D eigenvalue weighted by Gasteiger charge is 2.36. The second kappa shape index (κ2) is 2.97. The summed E-state index contributed by atoms with van der Waals surface area (Å²) in [4.78, 5) is 0. The molecular weight excluding hydrogens is 177 g/mol. The average Bonchev–Trinajstić information content (AvgIpc) is 2.14. The quantitative estimate of drug-likeness (QED) is 0.568. The van der Waals surface area contributed by atoms with E-state index in [2.05, 4.69) is 6.92 Å². The maximum Gasteiger partial charge on any atom is 0.0728 e. The van der Waals surface area contributed by atoms with E-state index in [4.69, 9.17) is 0 Å². The molecule has 0 radical (unpaired) electrons. The smallest absolute Gasteiger partial charge is 0.0728 e. The summed E-state index contributed by atoms with van der Waals surface area (Å²) in [7, 11) is 0. The molecule has 0 bridgehead atoms. The molecule has 0 saturated heterocycles. The Morgan fingerprint density at radius 3 is 2.71 bits per heavy atom. The topological polar surface area (TPSA) is 3.24 Å². The molecule has 2 heteroatoms. The van der Waals surface area contributed by atoms with Gasteiger partial charge >= 0.3 is 0 Å². The summed E-state index contributed by atoms with van der Waals surface area (Å²) in [6.45, 7) is 6.05. The summed E-state index contributed by atoms with van der Waals surface area (Å²) in [5, 5.41) is 0.905.